The standard InChI is InChI=1S/C23H25ClN2O/c1-2-20-23(27)15-18-6-5-16(13-21(18)25-20)14-22(26-11-3-4-12-26)17-7-9-19(24)10-8-17/h5-10,13,22H,2-4,11-12,14-15H2,1H3. The molecular formula is C23H25ClN2O. The summed E-state index contributed by atoms with van der Waals surface area (Å²) >= 11 is 6.10. The van der Waals surface area contributed by atoms with Crippen molar-refractivity contribution in [1.29, 1.82) is 0 Å². The highest BCUT2D eigenvalue weighted by Crippen LogP contribution is 2.32. The summed E-state index contributed by atoms with van der Waals surface area (Å²) < 4.78 is 0. The summed E-state index contributed by atoms with van der Waals surface area (Å²) in [5, 5.41) is 0.777. The molecule has 4 heteroatoms. The number of ketones is 1. The van der Waals surface area contributed by atoms with E-state index in [1.165, 1.54) is 24.0 Å². The summed E-state index contributed by atoms with van der Waals surface area (Å²) in [4.78, 5) is 19.3. The smallest absolute Gasteiger partial charge is 0.181 e. The molecule has 0 aliphatic carbocycles. The molecule has 27 heavy (non-hydrogen) atoms. The van der Waals surface area contributed by atoms with E-state index in [1.807, 2.05) is 19.1 Å². The van der Waals surface area contributed by atoms with Crippen LogP contribution < -0.4 is 0 Å². The Balaban J connectivity index is 1.63. The topological polar surface area (TPSA) is 32.7 Å². The fourth-order valence-corrected chi connectivity index (χ4v) is 4.29. The molecule has 0 aromatic heterocycles. The van der Waals surface area contributed by atoms with E-state index in [2.05, 4.69) is 40.2 Å². The summed E-state index contributed by atoms with van der Waals surface area (Å²) in [7, 11) is 0. The first-order valence-electron chi connectivity index (χ1n) is 9.86. The number of likely N-dealkylation sites (tertiary alicyclic amines) is 1. The second-order valence-corrected chi connectivity index (χ2v) is 7.93. The first kappa shape index (κ1) is 18.4. The Labute approximate surface area is 166 Å². The predicted molar refractivity (Wildman–Crippen MR) is 111 cm³/mol. The number of halogens is 1. The normalized spacial score (nSPS) is 18.3. The number of carbonyl (C=O) groups is 1. The fourth-order valence-electron chi connectivity index (χ4n) is 4.17. The van der Waals surface area contributed by atoms with Crippen LogP contribution in [0, 0.1) is 0 Å². The highest BCUT2D eigenvalue weighted by molar-refractivity contribution is 6.41. The predicted octanol–water partition coefficient (Wildman–Crippen LogP) is 5.33. The summed E-state index contributed by atoms with van der Waals surface area (Å²) in [6.07, 6.45) is 4.65. The Morgan fingerprint density at radius 2 is 1.85 bits per heavy atom. The van der Waals surface area contributed by atoms with Gasteiger partial charge in [0.15, 0.2) is 5.78 Å². The lowest BCUT2D eigenvalue weighted by atomic mass is 9.93. The molecule has 0 radical (unpaired) electrons. The minimum absolute atomic E-state index is 0.161. The van der Waals surface area contributed by atoms with Crippen LogP contribution >= 0.6 is 11.6 Å². The third-order valence-electron chi connectivity index (χ3n) is 5.68. The largest absolute Gasteiger partial charge is 0.296 e. The van der Waals surface area contributed by atoms with Gasteiger partial charge in [0, 0.05) is 17.5 Å². The van der Waals surface area contributed by atoms with Crippen LogP contribution in [0.5, 0.6) is 0 Å². The van der Waals surface area contributed by atoms with Crippen molar-refractivity contribution in [3.05, 3.63) is 64.2 Å². The van der Waals surface area contributed by atoms with Gasteiger partial charge in [0.2, 0.25) is 0 Å². The first-order chi connectivity index (χ1) is 13.1. The molecule has 2 aromatic carbocycles. The summed E-state index contributed by atoms with van der Waals surface area (Å²) in [6.45, 7) is 4.28. The molecule has 0 saturated carbocycles. The number of benzene rings is 2. The minimum atomic E-state index is 0.161. The van der Waals surface area contributed by atoms with Gasteiger partial charge in [-0.25, -0.2) is 4.99 Å². The van der Waals surface area contributed by atoms with E-state index < -0.39 is 0 Å². The molecule has 2 heterocycles. The molecule has 0 N–H and O–H groups in total. The number of rotatable bonds is 5. The van der Waals surface area contributed by atoms with Crippen LogP contribution in [0.1, 0.15) is 48.9 Å². The molecule has 1 atom stereocenters. The molecule has 2 aliphatic heterocycles. The number of nitrogens with zero attached hydrogens (tertiary/aromatic N) is 2. The van der Waals surface area contributed by atoms with Crippen molar-refractivity contribution in [3.8, 4) is 0 Å². The zero-order valence-electron chi connectivity index (χ0n) is 15.7. The maximum atomic E-state index is 12.1. The molecule has 0 spiro atoms. The molecule has 0 bridgehead atoms. The molecular weight excluding hydrogens is 356 g/mol. The number of hydrogen-bond donors (Lipinski definition) is 0. The van der Waals surface area contributed by atoms with E-state index in [9.17, 15) is 4.79 Å². The van der Waals surface area contributed by atoms with Crippen LogP contribution in [0.4, 0.5) is 5.69 Å². The Bertz CT molecular complexity index is 866. The van der Waals surface area contributed by atoms with Crippen LogP contribution in [0.25, 0.3) is 0 Å². The molecule has 1 unspecified atom stereocenters. The molecule has 1 fully saturated rings. The van der Waals surface area contributed by atoms with Crippen LogP contribution in [-0.4, -0.2) is 29.5 Å². The lowest BCUT2D eigenvalue weighted by Gasteiger charge is -2.28. The first-order valence-corrected chi connectivity index (χ1v) is 10.2. The quantitative estimate of drug-likeness (QED) is 0.702. The molecule has 140 valence electrons. The second kappa shape index (κ2) is 7.95. The Morgan fingerprint density at radius 1 is 1.11 bits per heavy atom. The van der Waals surface area contributed by atoms with Crippen molar-refractivity contribution in [2.24, 2.45) is 4.99 Å². The van der Waals surface area contributed by atoms with Crippen molar-refractivity contribution in [2.45, 2.75) is 45.1 Å². The number of carbonyl (C=O) groups excluding carboxylic acids is 1. The third kappa shape index (κ3) is 3.99. The Kier molecular flexibility index (Phi) is 5.42. The van der Waals surface area contributed by atoms with Gasteiger partial charge < -0.3 is 0 Å². The third-order valence-corrected chi connectivity index (χ3v) is 5.93. The van der Waals surface area contributed by atoms with E-state index in [-0.39, 0.29) is 5.78 Å². The van der Waals surface area contributed by atoms with E-state index in [4.69, 9.17) is 11.6 Å². The second-order valence-electron chi connectivity index (χ2n) is 7.49. The average molecular weight is 381 g/mol. The number of Topliss-reactive ketones (excluding diaryl/α,β-unsaturated/α-hetero) is 1. The number of aliphatic imine (C=N–C) groups is 1. The molecule has 2 aliphatic rings. The Hall–Kier alpha value is -1.97. The van der Waals surface area contributed by atoms with Gasteiger partial charge in [-0.1, -0.05) is 42.8 Å². The lowest BCUT2D eigenvalue weighted by molar-refractivity contribution is -0.112. The van der Waals surface area contributed by atoms with Gasteiger partial charge in [-0.2, -0.15) is 0 Å². The average Bonchev–Trinajstić information content (AvgIpc) is 3.21. The number of hydrogen-bond acceptors (Lipinski definition) is 3. The van der Waals surface area contributed by atoms with Gasteiger partial charge in [0.05, 0.1) is 11.4 Å². The molecule has 4 rings (SSSR count). The zero-order valence-corrected chi connectivity index (χ0v) is 16.5. The van der Waals surface area contributed by atoms with Crippen molar-refractivity contribution in [1.82, 2.24) is 4.90 Å². The van der Waals surface area contributed by atoms with E-state index in [0.29, 0.717) is 24.6 Å². The molecule has 1 saturated heterocycles. The monoisotopic (exact) mass is 380 g/mol. The minimum Gasteiger partial charge on any atom is -0.296 e. The fraction of sp³-hybridized carbons (Fsp3) is 0.391. The van der Waals surface area contributed by atoms with Crippen molar-refractivity contribution in [3.63, 3.8) is 0 Å². The van der Waals surface area contributed by atoms with Gasteiger partial charge >= 0.3 is 0 Å². The SMILES string of the molecule is CCC1=Nc2cc(CC(c3ccc(Cl)cc3)N3CCCC3)ccc2CC1=O. The summed E-state index contributed by atoms with van der Waals surface area (Å²) in [5.74, 6) is 0.161. The summed E-state index contributed by atoms with van der Waals surface area (Å²) in [6, 6.07) is 15.0. The highest BCUT2D eigenvalue weighted by Gasteiger charge is 2.25. The molecule has 2 aromatic rings. The Morgan fingerprint density at radius 3 is 2.56 bits per heavy atom. The van der Waals surface area contributed by atoms with Crippen LogP contribution in [0.3, 0.4) is 0 Å². The van der Waals surface area contributed by atoms with Gasteiger partial charge in [-0.15, -0.1) is 0 Å². The van der Waals surface area contributed by atoms with Crippen molar-refractivity contribution in [2.75, 3.05) is 13.1 Å². The van der Waals surface area contributed by atoms with Crippen molar-refractivity contribution < 1.29 is 4.79 Å². The van der Waals surface area contributed by atoms with E-state index in [0.717, 1.165) is 35.8 Å². The molecule has 0 amide bonds. The summed E-state index contributed by atoms with van der Waals surface area (Å²) in [5.41, 5.74) is 5.31. The van der Waals surface area contributed by atoms with Crippen LogP contribution in [-0.2, 0) is 17.6 Å². The maximum absolute atomic E-state index is 12.1. The van der Waals surface area contributed by atoms with Crippen LogP contribution in [0.2, 0.25) is 5.02 Å². The van der Waals surface area contributed by atoms with Gasteiger partial charge in [0.1, 0.15) is 0 Å². The number of fused-ring (bicyclic) bond motifs is 1. The van der Waals surface area contributed by atoms with E-state index in [1.54, 1.807) is 0 Å². The van der Waals surface area contributed by atoms with Gasteiger partial charge in [-0.3, -0.25) is 9.69 Å². The van der Waals surface area contributed by atoms with Gasteiger partial charge in [0.25, 0.3) is 0 Å². The van der Waals surface area contributed by atoms with E-state index >= 15 is 0 Å². The zero-order chi connectivity index (χ0) is 18.8. The van der Waals surface area contributed by atoms with Crippen molar-refractivity contribution >= 4 is 28.8 Å². The van der Waals surface area contributed by atoms with Crippen LogP contribution in [0.15, 0.2) is 47.5 Å². The molecule has 3 nitrogen and oxygen atoms in total. The van der Waals surface area contributed by atoms with Gasteiger partial charge in [-0.05, 0) is 73.7 Å². The lowest BCUT2D eigenvalue weighted by Crippen LogP contribution is -2.27. The highest BCUT2D eigenvalue weighted by atomic mass is 35.5. The maximum Gasteiger partial charge on any atom is 0.181 e.